The molecule has 0 aliphatic carbocycles. The van der Waals surface area contributed by atoms with E-state index in [0.29, 0.717) is 17.9 Å². The molecular formula is C12H19N5O2+. The SMILES string of the molecule is Cc1ccc2c(c1)N(O)C(=NCC[N+](C)C)NN2O. The molecule has 1 radical (unpaired) electrons. The number of benzene rings is 1. The van der Waals surface area contributed by atoms with Crippen molar-refractivity contribution >= 4 is 17.3 Å². The van der Waals surface area contributed by atoms with Crippen molar-refractivity contribution in [1.82, 2.24) is 10.3 Å². The average molecular weight is 265 g/mol. The highest BCUT2D eigenvalue weighted by Crippen LogP contribution is 2.30. The van der Waals surface area contributed by atoms with E-state index in [4.69, 9.17) is 0 Å². The third-order valence-electron chi connectivity index (χ3n) is 2.80. The van der Waals surface area contributed by atoms with Crippen molar-refractivity contribution in [3.05, 3.63) is 23.8 Å². The number of hydroxylamine groups is 1. The van der Waals surface area contributed by atoms with Crippen LogP contribution in [0.3, 0.4) is 0 Å². The van der Waals surface area contributed by atoms with Crippen LogP contribution in [0.15, 0.2) is 23.2 Å². The van der Waals surface area contributed by atoms with Gasteiger partial charge < -0.3 is 0 Å². The van der Waals surface area contributed by atoms with E-state index in [1.165, 1.54) is 0 Å². The maximum atomic E-state index is 10.1. The second kappa shape index (κ2) is 5.43. The Balaban J connectivity index is 2.23. The molecule has 1 aliphatic heterocycles. The lowest BCUT2D eigenvalue weighted by atomic mass is 10.2. The molecule has 0 atom stereocenters. The number of fused-ring (bicyclic) bond motifs is 1. The number of aryl methyl sites for hydroxylation is 1. The minimum Gasteiger partial charge on any atom is -0.281 e. The molecule has 7 heteroatoms. The molecule has 0 saturated carbocycles. The first-order valence-electron chi connectivity index (χ1n) is 6.03. The molecule has 0 fully saturated rings. The zero-order chi connectivity index (χ0) is 14.0. The molecule has 0 aromatic heterocycles. The quantitative estimate of drug-likeness (QED) is 0.700. The van der Waals surface area contributed by atoms with Crippen LogP contribution < -0.4 is 20.6 Å². The minimum absolute atomic E-state index is 0.197. The van der Waals surface area contributed by atoms with Gasteiger partial charge >= 0.3 is 0 Å². The highest BCUT2D eigenvalue weighted by Gasteiger charge is 2.25. The first-order valence-corrected chi connectivity index (χ1v) is 6.03. The van der Waals surface area contributed by atoms with Crippen LogP contribution in [0, 0.1) is 6.92 Å². The number of nitrogens with one attached hydrogen (secondary N) is 1. The maximum absolute atomic E-state index is 10.1. The Labute approximate surface area is 112 Å². The van der Waals surface area contributed by atoms with E-state index in [2.05, 4.69) is 10.4 Å². The summed E-state index contributed by atoms with van der Waals surface area (Å²) in [6.45, 7) is 3.19. The fourth-order valence-electron chi connectivity index (χ4n) is 1.76. The zero-order valence-corrected chi connectivity index (χ0v) is 11.3. The van der Waals surface area contributed by atoms with Crippen molar-refractivity contribution in [2.75, 3.05) is 37.4 Å². The van der Waals surface area contributed by atoms with Gasteiger partial charge in [-0.1, -0.05) is 6.07 Å². The molecule has 2 rings (SSSR count). The average Bonchev–Trinajstić information content (AvgIpc) is 2.34. The molecule has 1 heterocycles. The molecule has 0 saturated heterocycles. The van der Waals surface area contributed by atoms with Crippen LogP contribution in [-0.2, 0) is 0 Å². The summed E-state index contributed by atoms with van der Waals surface area (Å²) in [5.74, 6) is 0.197. The van der Waals surface area contributed by atoms with Crippen LogP contribution in [0.1, 0.15) is 5.56 Å². The second-order valence-corrected chi connectivity index (χ2v) is 4.74. The Bertz CT molecular complexity index is 489. The largest absolute Gasteiger partial charge is 0.281 e. The summed E-state index contributed by atoms with van der Waals surface area (Å²) in [5, 5.41) is 21.8. The third kappa shape index (κ3) is 2.95. The van der Waals surface area contributed by atoms with Gasteiger partial charge in [0.2, 0.25) is 5.96 Å². The number of aliphatic imine (C=N–C) groups is 1. The first kappa shape index (κ1) is 13.6. The van der Waals surface area contributed by atoms with Crippen molar-refractivity contribution in [2.45, 2.75) is 6.92 Å². The van der Waals surface area contributed by atoms with Crippen LogP contribution in [0.4, 0.5) is 11.4 Å². The van der Waals surface area contributed by atoms with Gasteiger partial charge in [0.1, 0.15) is 32.0 Å². The van der Waals surface area contributed by atoms with E-state index >= 15 is 0 Å². The summed E-state index contributed by atoms with van der Waals surface area (Å²) in [7, 11) is 3.89. The topological polar surface area (TPSA) is 77.2 Å². The Kier molecular flexibility index (Phi) is 3.89. The highest BCUT2D eigenvalue weighted by atomic mass is 16.6. The van der Waals surface area contributed by atoms with Gasteiger partial charge in [-0.15, -0.1) is 0 Å². The Morgan fingerprint density at radius 1 is 1.26 bits per heavy atom. The molecule has 0 bridgehead atoms. The predicted molar refractivity (Wildman–Crippen MR) is 74.0 cm³/mol. The minimum atomic E-state index is 0.197. The fourth-order valence-corrected chi connectivity index (χ4v) is 1.76. The highest BCUT2D eigenvalue weighted by molar-refractivity contribution is 6.00. The second-order valence-electron chi connectivity index (χ2n) is 4.74. The van der Waals surface area contributed by atoms with Gasteiger partial charge in [0.05, 0.1) is 6.54 Å². The molecule has 0 amide bonds. The molecule has 1 aromatic rings. The monoisotopic (exact) mass is 265 g/mol. The fraction of sp³-hybridized carbons (Fsp3) is 0.417. The van der Waals surface area contributed by atoms with E-state index in [-0.39, 0.29) is 5.96 Å². The number of hydrogen-bond donors (Lipinski definition) is 3. The van der Waals surface area contributed by atoms with Crippen molar-refractivity contribution < 1.29 is 10.4 Å². The Hall–Kier alpha value is -1.83. The summed E-state index contributed by atoms with van der Waals surface area (Å²) in [5.41, 5.74) is 4.56. The molecule has 103 valence electrons. The van der Waals surface area contributed by atoms with Gasteiger partial charge in [0, 0.05) is 0 Å². The van der Waals surface area contributed by atoms with Crippen molar-refractivity contribution in [3.63, 3.8) is 0 Å². The molecule has 0 unspecified atom stereocenters. The van der Waals surface area contributed by atoms with Gasteiger partial charge in [-0.05, 0) is 24.6 Å². The number of hydrazine groups is 1. The van der Waals surface area contributed by atoms with Crippen LogP contribution in [0.25, 0.3) is 0 Å². The number of guanidine groups is 1. The van der Waals surface area contributed by atoms with E-state index in [1.807, 2.05) is 32.0 Å². The van der Waals surface area contributed by atoms with Gasteiger partial charge in [0.15, 0.2) is 0 Å². The van der Waals surface area contributed by atoms with Crippen LogP contribution in [0.5, 0.6) is 0 Å². The van der Waals surface area contributed by atoms with E-state index in [0.717, 1.165) is 22.3 Å². The van der Waals surface area contributed by atoms with Gasteiger partial charge in [-0.25, -0.2) is 10.4 Å². The first-order chi connectivity index (χ1) is 8.99. The number of anilines is 2. The number of hydrogen-bond acceptors (Lipinski definition) is 5. The molecule has 7 nitrogen and oxygen atoms in total. The standard InChI is InChI=1S/C12H19N5O2/c1-9-4-5-10-11(8-9)16(18)12(14-17(10)19)13-6-7-15(2)3/h4-5,8,18-19H,6-7H2,1-3H3,(H,13,14)/q+1. The predicted octanol–water partition coefficient (Wildman–Crippen LogP) is 0.660. The van der Waals surface area contributed by atoms with E-state index in [1.54, 1.807) is 12.1 Å². The van der Waals surface area contributed by atoms with Crippen molar-refractivity contribution in [3.8, 4) is 0 Å². The van der Waals surface area contributed by atoms with Crippen LogP contribution in [0.2, 0.25) is 0 Å². The third-order valence-corrected chi connectivity index (χ3v) is 2.80. The van der Waals surface area contributed by atoms with Crippen LogP contribution >= 0.6 is 0 Å². The molecule has 3 N–H and O–H groups in total. The van der Waals surface area contributed by atoms with Gasteiger partial charge in [-0.2, -0.15) is 15.1 Å². The van der Waals surface area contributed by atoms with Gasteiger partial charge in [0.25, 0.3) is 0 Å². The van der Waals surface area contributed by atoms with Gasteiger partial charge in [-0.3, -0.25) is 10.4 Å². The molecule has 1 aliphatic rings. The lowest BCUT2D eigenvalue weighted by Crippen LogP contribution is -2.52. The number of rotatable bonds is 3. The smallest absolute Gasteiger partial charge is 0.244 e. The maximum Gasteiger partial charge on any atom is 0.244 e. The summed E-state index contributed by atoms with van der Waals surface area (Å²) in [6, 6.07) is 5.35. The molecular weight excluding hydrogens is 246 g/mol. The van der Waals surface area contributed by atoms with E-state index in [9.17, 15) is 10.4 Å². The van der Waals surface area contributed by atoms with Crippen LogP contribution in [-0.4, -0.2) is 43.6 Å². The van der Waals surface area contributed by atoms with Crippen molar-refractivity contribution in [2.24, 2.45) is 4.99 Å². The molecule has 1 aromatic carbocycles. The lowest BCUT2D eigenvalue weighted by Gasteiger charge is -2.33. The summed E-state index contributed by atoms with van der Waals surface area (Å²) in [4.78, 5) is 6.21. The zero-order valence-electron chi connectivity index (χ0n) is 11.3. The van der Waals surface area contributed by atoms with E-state index < -0.39 is 0 Å². The summed E-state index contributed by atoms with van der Waals surface area (Å²) < 4.78 is 0. The molecule has 19 heavy (non-hydrogen) atoms. The number of nitrogens with zero attached hydrogens (tertiary/aromatic N) is 4. The van der Waals surface area contributed by atoms with Crippen molar-refractivity contribution in [1.29, 1.82) is 0 Å². The summed E-state index contributed by atoms with van der Waals surface area (Å²) in [6.07, 6.45) is 0. The Morgan fingerprint density at radius 3 is 2.68 bits per heavy atom. The summed E-state index contributed by atoms with van der Waals surface area (Å²) >= 11 is 0. The normalized spacial score (nSPS) is 16.8. The number of likely N-dealkylation sites (N-methyl/N-ethyl adjacent to an activating group) is 1. The Morgan fingerprint density at radius 2 is 2.00 bits per heavy atom. The molecule has 0 spiro atoms. The lowest BCUT2D eigenvalue weighted by molar-refractivity contribution is 0.216.